The van der Waals surface area contributed by atoms with E-state index >= 15 is 0 Å². The van der Waals surface area contributed by atoms with E-state index in [9.17, 15) is 24.8 Å². The molecule has 1 N–H and O–H groups in total. The van der Waals surface area contributed by atoms with Crippen LogP contribution in [0.5, 0.6) is 5.75 Å². The van der Waals surface area contributed by atoms with Crippen molar-refractivity contribution in [2.24, 2.45) is 0 Å². The molecule has 0 bridgehead atoms. The standard InChI is InChI=1S/C24H20N2O7/c1-2-32-18-6-3-5-16(13-18)21-20(22(27)15-8-10-17(11-9-15)26(30)31)23(28)24(29)25(21)14-19-7-4-12-33-19/h3-13,21,27H,2,14H2,1H3/b22-20+. The lowest BCUT2D eigenvalue weighted by Gasteiger charge is -2.25. The van der Waals surface area contributed by atoms with Crippen LogP contribution in [-0.2, 0) is 16.1 Å². The van der Waals surface area contributed by atoms with Gasteiger partial charge >= 0.3 is 0 Å². The summed E-state index contributed by atoms with van der Waals surface area (Å²) in [6.45, 7) is 2.28. The Labute approximate surface area is 188 Å². The number of carbonyl (C=O) groups is 2. The van der Waals surface area contributed by atoms with E-state index in [1.807, 2.05) is 6.92 Å². The van der Waals surface area contributed by atoms with E-state index < -0.39 is 28.4 Å². The lowest BCUT2D eigenvalue weighted by molar-refractivity contribution is -0.384. The summed E-state index contributed by atoms with van der Waals surface area (Å²) in [4.78, 5) is 37.7. The molecule has 33 heavy (non-hydrogen) atoms. The second kappa shape index (κ2) is 8.99. The van der Waals surface area contributed by atoms with Crippen molar-refractivity contribution in [1.82, 2.24) is 4.90 Å². The van der Waals surface area contributed by atoms with Crippen molar-refractivity contribution >= 4 is 23.1 Å². The number of furan rings is 1. The van der Waals surface area contributed by atoms with Crippen molar-refractivity contribution in [1.29, 1.82) is 0 Å². The molecule has 1 amide bonds. The first-order chi connectivity index (χ1) is 15.9. The molecular weight excluding hydrogens is 428 g/mol. The fraction of sp³-hybridized carbons (Fsp3) is 0.167. The Hall–Kier alpha value is -4.40. The van der Waals surface area contributed by atoms with Crippen molar-refractivity contribution < 1.29 is 28.8 Å². The van der Waals surface area contributed by atoms with Crippen LogP contribution in [0.3, 0.4) is 0 Å². The molecule has 168 valence electrons. The van der Waals surface area contributed by atoms with E-state index in [2.05, 4.69) is 0 Å². The van der Waals surface area contributed by atoms with Gasteiger partial charge in [-0.1, -0.05) is 12.1 Å². The van der Waals surface area contributed by atoms with Crippen LogP contribution in [0, 0.1) is 10.1 Å². The molecular formula is C24H20N2O7. The van der Waals surface area contributed by atoms with E-state index in [1.165, 1.54) is 35.4 Å². The molecule has 9 heteroatoms. The molecule has 1 aliphatic rings. The van der Waals surface area contributed by atoms with Crippen molar-refractivity contribution in [3.05, 3.63) is 99.5 Å². The monoisotopic (exact) mass is 448 g/mol. The highest BCUT2D eigenvalue weighted by Gasteiger charge is 2.46. The molecule has 0 aliphatic carbocycles. The van der Waals surface area contributed by atoms with Gasteiger partial charge in [0.05, 0.1) is 36.0 Å². The van der Waals surface area contributed by atoms with E-state index in [4.69, 9.17) is 9.15 Å². The van der Waals surface area contributed by atoms with Gasteiger partial charge in [0.15, 0.2) is 0 Å². The number of aliphatic hydroxyl groups is 1. The zero-order chi connectivity index (χ0) is 23.5. The Morgan fingerprint density at radius 3 is 2.55 bits per heavy atom. The van der Waals surface area contributed by atoms with Crippen LogP contribution >= 0.6 is 0 Å². The maximum atomic E-state index is 13.0. The van der Waals surface area contributed by atoms with E-state index in [1.54, 1.807) is 36.4 Å². The molecule has 1 atom stereocenters. The Kier molecular flexibility index (Phi) is 5.95. The summed E-state index contributed by atoms with van der Waals surface area (Å²) in [7, 11) is 0. The number of nitro benzene ring substituents is 1. The van der Waals surface area contributed by atoms with Crippen molar-refractivity contribution in [2.45, 2.75) is 19.5 Å². The lowest BCUT2D eigenvalue weighted by Crippen LogP contribution is -2.29. The molecule has 1 aromatic heterocycles. The SMILES string of the molecule is CCOc1cccc(C2/C(=C(\O)c3ccc([N+](=O)[O-])cc3)C(=O)C(=O)N2Cc2ccco2)c1. The van der Waals surface area contributed by atoms with Crippen molar-refractivity contribution in [2.75, 3.05) is 6.61 Å². The fourth-order valence-electron chi connectivity index (χ4n) is 3.80. The number of rotatable bonds is 7. The number of Topliss-reactive ketones (excluding diaryl/α,β-unsaturated/α-hetero) is 1. The molecule has 2 heterocycles. The zero-order valence-corrected chi connectivity index (χ0v) is 17.6. The predicted octanol–water partition coefficient (Wildman–Crippen LogP) is 4.21. The minimum absolute atomic E-state index is 0.0120. The topological polar surface area (TPSA) is 123 Å². The van der Waals surface area contributed by atoms with Gasteiger partial charge in [0.2, 0.25) is 0 Å². The first-order valence-electron chi connectivity index (χ1n) is 10.2. The van der Waals surface area contributed by atoms with Gasteiger partial charge in [0.25, 0.3) is 17.4 Å². The van der Waals surface area contributed by atoms with Gasteiger partial charge in [0, 0.05) is 17.7 Å². The fourth-order valence-corrected chi connectivity index (χ4v) is 3.80. The second-order valence-corrected chi connectivity index (χ2v) is 7.32. The van der Waals surface area contributed by atoms with Gasteiger partial charge in [-0.2, -0.15) is 0 Å². The molecule has 1 unspecified atom stereocenters. The minimum atomic E-state index is -0.911. The van der Waals surface area contributed by atoms with Gasteiger partial charge in [-0.15, -0.1) is 0 Å². The summed E-state index contributed by atoms with van der Waals surface area (Å²) in [5, 5.41) is 22.0. The van der Waals surface area contributed by atoms with E-state index in [0.29, 0.717) is 23.7 Å². The van der Waals surface area contributed by atoms with Gasteiger partial charge in [-0.25, -0.2) is 0 Å². The third kappa shape index (κ3) is 4.20. The quantitative estimate of drug-likeness (QED) is 0.189. The van der Waals surface area contributed by atoms with Crippen LogP contribution in [0.25, 0.3) is 5.76 Å². The third-order valence-electron chi connectivity index (χ3n) is 5.28. The molecule has 0 radical (unpaired) electrons. The summed E-state index contributed by atoms with van der Waals surface area (Å²) in [6.07, 6.45) is 1.47. The van der Waals surface area contributed by atoms with E-state index in [0.717, 1.165) is 0 Å². The number of amides is 1. The number of likely N-dealkylation sites (tertiary alicyclic amines) is 1. The highest BCUT2D eigenvalue weighted by molar-refractivity contribution is 6.46. The van der Waals surface area contributed by atoms with Crippen molar-refractivity contribution in [3.63, 3.8) is 0 Å². The number of ketones is 1. The minimum Gasteiger partial charge on any atom is -0.507 e. The maximum absolute atomic E-state index is 13.0. The number of hydrogen-bond acceptors (Lipinski definition) is 7. The molecule has 0 spiro atoms. The predicted molar refractivity (Wildman–Crippen MR) is 117 cm³/mol. The van der Waals surface area contributed by atoms with Crippen LogP contribution in [0.4, 0.5) is 5.69 Å². The van der Waals surface area contributed by atoms with Gasteiger partial charge < -0.3 is 19.2 Å². The summed E-state index contributed by atoms with van der Waals surface area (Å²) >= 11 is 0. The summed E-state index contributed by atoms with van der Waals surface area (Å²) in [5.74, 6) is -1.05. The van der Waals surface area contributed by atoms with Gasteiger partial charge in [-0.05, 0) is 48.9 Å². The number of nitrogens with zero attached hydrogens (tertiary/aromatic N) is 2. The molecule has 2 aromatic carbocycles. The number of nitro groups is 1. The molecule has 1 aliphatic heterocycles. The number of aliphatic hydroxyl groups excluding tert-OH is 1. The Balaban J connectivity index is 1.84. The van der Waals surface area contributed by atoms with Gasteiger partial charge in [-0.3, -0.25) is 19.7 Å². The first kappa shape index (κ1) is 21.8. The highest BCUT2D eigenvalue weighted by Crippen LogP contribution is 2.41. The highest BCUT2D eigenvalue weighted by atomic mass is 16.6. The summed E-state index contributed by atoms with van der Waals surface area (Å²) < 4.78 is 10.9. The number of hydrogen-bond donors (Lipinski definition) is 1. The normalized spacial score (nSPS) is 17.4. The molecule has 3 aromatic rings. The maximum Gasteiger partial charge on any atom is 0.296 e. The lowest BCUT2D eigenvalue weighted by atomic mass is 9.95. The van der Waals surface area contributed by atoms with Crippen molar-refractivity contribution in [3.8, 4) is 5.75 Å². The van der Waals surface area contributed by atoms with E-state index in [-0.39, 0.29) is 23.4 Å². The number of carbonyl (C=O) groups excluding carboxylic acids is 2. The zero-order valence-electron chi connectivity index (χ0n) is 17.6. The molecule has 1 saturated heterocycles. The van der Waals surface area contributed by atoms with Gasteiger partial charge in [0.1, 0.15) is 17.3 Å². The Morgan fingerprint density at radius 1 is 1.15 bits per heavy atom. The molecule has 4 rings (SSSR count). The third-order valence-corrected chi connectivity index (χ3v) is 5.28. The summed E-state index contributed by atoms with van der Waals surface area (Å²) in [6, 6.07) is 14.5. The average Bonchev–Trinajstić information content (AvgIpc) is 3.41. The second-order valence-electron chi connectivity index (χ2n) is 7.32. The van der Waals surface area contributed by atoms with Crippen LogP contribution in [0.15, 0.2) is 76.9 Å². The molecule has 9 nitrogen and oxygen atoms in total. The van der Waals surface area contributed by atoms with Crippen LogP contribution in [-0.4, -0.2) is 33.2 Å². The van der Waals surface area contributed by atoms with Crippen LogP contribution < -0.4 is 4.74 Å². The Bertz CT molecular complexity index is 1230. The van der Waals surface area contributed by atoms with Crippen LogP contribution in [0.2, 0.25) is 0 Å². The number of ether oxygens (including phenoxy) is 1. The first-order valence-corrected chi connectivity index (χ1v) is 10.2. The molecule has 1 fully saturated rings. The molecule has 0 saturated carbocycles. The smallest absolute Gasteiger partial charge is 0.296 e. The Morgan fingerprint density at radius 2 is 1.91 bits per heavy atom. The number of benzene rings is 2. The summed E-state index contributed by atoms with van der Waals surface area (Å²) in [5.41, 5.74) is 0.470. The van der Waals surface area contributed by atoms with Crippen LogP contribution in [0.1, 0.15) is 29.9 Å². The average molecular weight is 448 g/mol. The number of non-ortho nitro benzene ring substituents is 1. The largest absolute Gasteiger partial charge is 0.507 e.